The van der Waals surface area contributed by atoms with Crippen molar-refractivity contribution in [2.45, 2.75) is 129 Å². The van der Waals surface area contributed by atoms with Gasteiger partial charge in [0, 0.05) is 7.05 Å². The lowest BCUT2D eigenvalue weighted by molar-refractivity contribution is -0.0854. The molecule has 2 atom stereocenters. The summed E-state index contributed by atoms with van der Waals surface area (Å²) in [7, 11) is 2.39. The molecule has 0 aromatic rings. The summed E-state index contributed by atoms with van der Waals surface area (Å²) in [6.45, 7) is 7.16. The normalized spacial score (nSPS) is 30.5. The van der Waals surface area contributed by atoms with E-state index in [1.807, 2.05) is 0 Å². The highest BCUT2D eigenvalue weighted by Crippen LogP contribution is 2.42. The van der Waals surface area contributed by atoms with Gasteiger partial charge < -0.3 is 0 Å². The van der Waals surface area contributed by atoms with E-state index in [0.29, 0.717) is 6.04 Å². The third-order valence-electron chi connectivity index (χ3n) is 8.64. The Hall–Kier alpha value is -2.06. The summed E-state index contributed by atoms with van der Waals surface area (Å²) < 4.78 is 0. The SMILES string of the molecule is CCCC1=CC(C)(CCC)N(C2=C\C=C/C=C\C=C/C=C\C=C2)N(C)C1C1CCCCCCCCCCC1. The highest BCUT2D eigenvalue weighted by Gasteiger charge is 2.43. The van der Waals surface area contributed by atoms with Gasteiger partial charge in [-0.3, -0.25) is 5.01 Å². The van der Waals surface area contributed by atoms with Crippen LogP contribution in [0.2, 0.25) is 0 Å². The molecule has 1 fully saturated rings. The number of allylic oxidation sites excluding steroid dienone is 11. The number of hydrazine groups is 1. The maximum atomic E-state index is 2.70. The summed E-state index contributed by atoms with van der Waals surface area (Å²) in [5, 5.41) is 5.32. The summed E-state index contributed by atoms with van der Waals surface area (Å²) >= 11 is 0. The van der Waals surface area contributed by atoms with Crippen LogP contribution in [-0.4, -0.2) is 28.6 Å². The van der Waals surface area contributed by atoms with E-state index in [-0.39, 0.29) is 5.54 Å². The van der Waals surface area contributed by atoms with Crippen LogP contribution in [0.1, 0.15) is 117 Å². The molecule has 1 aliphatic heterocycles. The summed E-state index contributed by atoms with van der Waals surface area (Å²) in [5.41, 5.74) is 2.93. The summed E-state index contributed by atoms with van der Waals surface area (Å²) in [6, 6.07) is 0.487. The minimum atomic E-state index is -0.0313. The highest BCUT2D eigenvalue weighted by atomic mass is 15.7. The van der Waals surface area contributed by atoms with Crippen molar-refractivity contribution in [3.05, 3.63) is 84.2 Å². The third-order valence-corrected chi connectivity index (χ3v) is 8.64. The summed E-state index contributed by atoms with van der Waals surface area (Å²) in [5.74, 6) is 0.727. The van der Waals surface area contributed by atoms with Crippen LogP contribution in [-0.2, 0) is 0 Å². The van der Waals surface area contributed by atoms with Crippen molar-refractivity contribution in [2.75, 3.05) is 7.05 Å². The fraction of sp³-hybridized carbons (Fsp3) is 0.611. The fourth-order valence-corrected chi connectivity index (χ4v) is 7.01. The van der Waals surface area contributed by atoms with Crippen LogP contribution in [0.15, 0.2) is 84.2 Å². The molecule has 1 heterocycles. The minimum Gasteiger partial charge on any atom is -0.296 e. The van der Waals surface area contributed by atoms with Crippen LogP contribution in [0.25, 0.3) is 0 Å². The van der Waals surface area contributed by atoms with Crippen molar-refractivity contribution < 1.29 is 0 Å². The Bertz CT molecular complexity index is 886. The second kappa shape index (κ2) is 16.8. The fourth-order valence-electron chi connectivity index (χ4n) is 7.01. The predicted molar refractivity (Wildman–Crippen MR) is 168 cm³/mol. The number of rotatable bonds is 6. The van der Waals surface area contributed by atoms with Crippen molar-refractivity contribution in [1.29, 1.82) is 0 Å². The van der Waals surface area contributed by atoms with Crippen LogP contribution in [0.5, 0.6) is 0 Å². The number of hydrogen-bond acceptors (Lipinski definition) is 2. The Kier molecular flexibility index (Phi) is 13.5. The predicted octanol–water partition coefficient (Wildman–Crippen LogP) is 10.4. The molecule has 0 N–H and O–H groups in total. The van der Waals surface area contributed by atoms with Crippen LogP contribution in [0.4, 0.5) is 0 Å². The Balaban J connectivity index is 2.02. The highest BCUT2D eigenvalue weighted by molar-refractivity contribution is 5.34. The van der Waals surface area contributed by atoms with Crippen molar-refractivity contribution >= 4 is 0 Å². The van der Waals surface area contributed by atoms with Gasteiger partial charge in [0.05, 0.1) is 17.3 Å². The van der Waals surface area contributed by atoms with Gasteiger partial charge in [0.25, 0.3) is 0 Å². The summed E-state index contributed by atoms with van der Waals surface area (Å²) in [4.78, 5) is 0. The Morgan fingerprint density at radius 1 is 0.711 bits per heavy atom. The molecule has 1 saturated carbocycles. The quantitative estimate of drug-likeness (QED) is 0.324. The molecule has 2 heteroatoms. The zero-order valence-corrected chi connectivity index (χ0v) is 25.1. The molecule has 3 rings (SSSR count). The first-order chi connectivity index (χ1) is 18.6. The van der Waals surface area contributed by atoms with Gasteiger partial charge in [0.15, 0.2) is 0 Å². The number of likely N-dealkylation sites (N-methyl/N-ethyl adjacent to an activating group) is 1. The van der Waals surface area contributed by atoms with E-state index >= 15 is 0 Å². The molecule has 2 unspecified atom stereocenters. The van der Waals surface area contributed by atoms with Crippen molar-refractivity contribution in [3.63, 3.8) is 0 Å². The lowest BCUT2D eigenvalue weighted by Crippen LogP contribution is -2.61. The van der Waals surface area contributed by atoms with Gasteiger partial charge in [-0.05, 0) is 50.7 Å². The monoisotopic (exact) mass is 516 g/mol. The van der Waals surface area contributed by atoms with Crippen molar-refractivity contribution in [3.8, 4) is 0 Å². The number of nitrogens with zero attached hydrogens (tertiary/aromatic N) is 2. The molecule has 0 aromatic heterocycles. The second-order valence-corrected chi connectivity index (χ2v) is 11.9. The molecule has 210 valence electrons. The molecule has 0 radical (unpaired) electrons. The van der Waals surface area contributed by atoms with Crippen molar-refractivity contribution in [1.82, 2.24) is 10.0 Å². The molecule has 0 saturated heterocycles. The van der Waals surface area contributed by atoms with Crippen LogP contribution >= 0.6 is 0 Å². The van der Waals surface area contributed by atoms with Gasteiger partial charge in [-0.1, -0.05) is 151 Å². The summed E-state index contributed by atoms with van der Waals surface area (Å²) in [6.07, 6.45) is 46.7. The average Bonchev–Trinajstić information content (AvgIpc) is 2.87. The van der Waals surface area contributed by atoms with Gasteiger partial charge in [-0.25, -0.2) is 5.01 Å². The first kappa shape index (κ1) is 30.5. The zero-order chi connectivity index (χ0) is 27.1. The topological polar surface area (TPSA) is 6.48 Å². The van der Waals surface area contributed by atoms with Gasteiger partial charge in [0.2, 0.25) is 0 Å². The van der Waals surface area contributed by atoms with E-state index in [4.69, 9.17) is 0 Å². The Labute approximate surface area is 235 Å². The second-order valence-electron chi connectivity index (χ2n) is 11.9. The molecule has 38 heavy (non-hydrogen) atoms. The van der Waals surface area contributed by atoms with E-state index in [0.717, 1.165) is 12.3 Å². The molecular weight excluding hydrogens is 460 g/mol. The van der Waals surface area contributed by atoms with Crippen molar-refractivity contribution in [2.24, 2.45) is 5.92 Å². The lowest BCUT2D eigenvalue weighted by Gasteiger charge is -2.55. The van der Waals surface area contributed by atoms with Gasteiger partial charge >= 0.3 is 0 Å². The average molecular weight is 517 g/mol. The molecule has 3 aliphatic rings. The zero-order valence-electron chi connectivity index (χ0n) is 25.1. The maximum Gasteiger partial charge on any atom is 0.0720 e. The largest absolute Gasteiger partial charge is 0.296 e. The van der Waals surface area contributed by atoms with Gasteiger partial charge in [0.1, 0.15) is 0 Å². The van der Waals surface area contributed by atoms with Crippen LogP contribution in [0, 0.1) is 5.92 Å². The molecule has 0 bridgehead atoms. The van der Waals surface area contributed by atoms with Gasteiger partial charge in [-0.15, -0.1) is 0 Å². The standard InChI is InChI=1S/C36H56N2/c1-5-25-33-31-36(3,30-6-2)38(34-28-23-19-15-11-8-12-16-20-24-29-34)37(4)35(33)32-26-21-17-13-9-7-10-14-18-22-27-32/h8,11-12,15-16,19-20,23-24,28-29,31-32,35H,5-7,9-10,13-14,17-18,21-22,25-27,30H2,1-4H3/b11-8-,12-8?,15-11?,16-12-,19-15-,20-16?,23-19?,24-20-,28-23?,29-24?,34-28?,34-29?. The Morgan fingerprint density at radius 3 is 1.79 bits per heavy atom. The molecule has 0 spiro atoms. The van der Waals surface area contributed by atoms with Crippen LogP contribution < -0.4 is 0 Å². The van der Waals surface area contributed by atoms with E-state index < -0.39 is 0 Å². The van der Waals surface area contributed by atoms with E-state index in [9.17, 15) is 0 Å². The first-order valence-corrected chi connectivity index (χ1v) is 15.9. The van der Waals surface area contributed by atoms with Gasteiger partial charge in [-0.2, -0.15) is 0 Å². The lowest BCUT2D eigenvalue weighted by atomic mass is 9.77. The third kappa shape index (κ3) is 9.01. The molecule has 2 nitrogen and oxygen atoms in total. The molecule has 0 amide bonds. The number of hydrogen-bond donors (Lipinski definition) is 0. The maximum absolute atomic E-state index is 2.70. The molecule has 0 aromatic carbocycles. The first-order valence-electron chi connectivity index (χ1n) is 15.9. The van der Waals surface area contributed by atoms with Crippen LogP contribution in [0.3, 0.4) is 0 Å². The van der Waals surface area contributed by atoms with E-state index in [2.05, 4.69) is 111 Å². The molecule has 2 aliphatic carbocycles. The smallest absolute Gasteiger partial charge is 0.0720 e. The van der Waals surface area contributed by atoms with E-state index in [1.54, 1.807) is 5.57 Å². The molecular formula is C36H56N2. The van der Waals surface area contributed by atoms with E-state index in [1.165, 1.54) is 95.6 Å². The Morgan fingerprint density at radius 2 is 1.24 bits per heavy atom. The minimum absolute atomic E-state index is 0.0313.